The monoisotopic (exact) mass is 194 g/mol. The maximum atomic E-state index is 11.6. The second-order valence-corrected chi connectivity index (χ2v) is 3.66. The molecule has 0 aromatic carbocycles. The number of likely N-dealkylation sites (tertiary alicyclic amines) is 1. The number of rotatable bonds is 3. The van der Waals surface area contributed by atoms with Gasteiger partial charge in [0.25, 0.3) is 0 Å². The first-order valence-electron chi connectivity index (χ1n) is 5.26. The summed E-state index contributed by atoms with van der Waals surface area (Å²) in [6, 6.07) is 0.178. The number of nitrogens with one attached hydrogen (secondary N) is 1. The molecular formula is C11H18N2O. The molecule has 2 amide bonds. The van der Waals surface area contributed by atoms with Crippen LogP contribution in [0.15, 0.2) is 0 Å². The Morgan fingerprint density at radius 2 is 2.21 bits per heavy atom. The molecule has 14 heavy (non-hydrogen) atoms. The molecule has 1 heterocycles. The smallest absolute Gasteiger partial charge is 0.317 e. The molecule has 0 bridgehead atoms. The highest BCUT2D eigenvalue weighted by molar-refractivity contribution is 5.74. The minimum absolute atomic E-state index is 0.0459. The van der Waals surface area contributed by atoms with Crippen LogP contribution in [0.4, 0.5) is 4.79 Å². The van der Waals surface area contributed by atoms with Gasteiger partial charge in [0.1, 0.15) is 0 Å². The second kappa shape index (κ2) is 5.54. The number of carbonyl (C=O) groups excluding carboxylic acids is 1. The first-order chi connectivity index (χ1) is 6.77. The van der Waals surface area contributed by atoms with Gasteiger partial charge in [-0.15, -0.1) is 12.3 Å². The Bertz CT molecular complexity index is 226. The zero-order valence-electron chi connectivity index (χ0n) is 8.75. The summed E-state index contributed by atoms with van der Waals surface area (Å²) < 4.78 is 0. The first-order valence-corrected chi connectivity index (χ1v) is 5.26. The molecular weight excluding hydrogens is 176 g/mol. The van der Waals surface area contributed by atoms with Gasteiger partial charge in [-0.25, -0.2) is 4.79 Å². The number of nitrogens with zero attached hydrogens (tertiary/aromatic N) is 1. The van der Waals surface area contributed by atoms with Crippen molar-refractivity contribution in [1.29, 1.82) is 0 Å². The van der Waals surface area contributed by atoms with E-state index >= 15 is 0 Å². The molecule has 1 atom stereocenters. The number of urea groups is 1. The van der Waals surface area contributed by atoms with E-state index in [1.165, 1.54) is 0 Å². The van der Waals surface area contributed by atoms with E-state index < -0.39 is 0 Å². The Labute approximate surface area is 85.9 Å². The van der Waals surface area contributed by atoms with Crippen LogP contribution in [0.2, 0.25) is 0 Å². The maximum absolute atomic E-state index is 11.6. The molecule has 3 nitrogen and oxygen atoms in total. The van der Waals surface area contributed by atoms with Crippen LogP contribution in [-0.4, -0.2) is 30.1 Å². The molecule has 1 aliphatic heterocycles. The molecule has 1 unspecified atom stereocenters. The lowest BCUT2D eigenvalue weighted by Crippen LogP contribution is -2.43. The summed E-state index contributed by atoms with van der Waals surface area (Å²) in [4.78, 5) is 13.5. The quantitative estimate of drug-likeness (QED) is 0.680. The summed E-state index contributed by atoms with van der Waals surface area (Å²) in [6.45, 7) is 3.81. The van der Waals surface area contributed by atoms with E-state index in [0.29, 0.717) is 6.42 Å². The number of carbonyl (C=O) groups is 1. The summed E-state index contributed by atoms with van der Waals surface area (Å²) in [5.41, 5.74) is 0. The van der Waals surface area contributed by atoms with Crippen LogP contribution < -0.4 is 5.32 Å². The van der Waals surface area contributed by atoms with Crippen LogP contribution in [-0.2, 0) is 0 Å². The Hall–Kier alpha value is -1.17. The van der Waals surface area contributed by atoms with Crippen molar-refractivity contribution in [1.82, 2.24) is 10.2 Å². The molecule has 1 aliphatic rings. The third-order valence-corrected chi connectivity index (χ3v) is 2.58. The normalized spacial score (nSPS) is 17.6. The van der Waals surface area contributed by atoms with E-state index in [0.717, 1.165) is 32.4 Å². The zero-order valence-corrected chi connectivity index (χ0v) is 8.75. The standard InChI is InChI=1S/C11H18N2O/c1-3-7-10(4-2)12-11(14)13-8-5-6-9-13/h1,10H,4-9H2,2H3,(H,12,14). The van der Waals surface area contributed by atoms with Crippen molar-refractivity contribution in [2.24, 2.45) is 0 Å². The van der Waals surface area contributed by atoms with Crippen molar-refractivity contribution in [3.63, 3.8) is 0 Å². The van der Waals surface area contributed by atoms with Crippen LogP contribution in [0.5, 0.6) is 0 Å². The van der Waals surface area contributed by atoms with Crippen LogP contribution >= 0.6 is 0 Å². The molecule has 1 rings (SSSR count). The second-order valence-electron chi connectivity index (χ2n) is 3.66. The number of terminal acetylenes is 1. The highest BCUT2D eigenvalue weighted by Gasteiger charge is 2.19. The summed E-state index contributed by atoms with van der Waals surface area (Å²) in [5.74, 6) is 2.58. The van der Waals surface area contributed by atoms with Crippen LogP contribution in [0, 0.1) is 12.3 Å². The number of hydrogen-bond donors (Lipinski definition) is 1. The molecule has 0 aromatic rings. The minimum Gasteiger partial charge on any atom is -0.334 e. The fourth-order valence-corrected chi connectivity index (χ4v) is 1.63. The summed E-state index contributed by atoms with van der Waals surface area (Å²) in [5, 5.41) is 2.95. The summed E-state index contributed by atoms with van der Waals surface area (Å²) in [7, 11) is 0. The van der Waals surface area contributed by atoms with Crippen molar-refractivity contribution < 1.29 is 4.79 Å². The first kappa shape index (κ1) is 10.9. The molecule has 3 heteroatoms. The van der Waals surface area contributed by atoms with E-state index in [4.69, 9.17) is 6.42 Å². The minimum atomic E-state index is 0.0459. The van der Waals surface area contributed by atoms with Crippen molar-refractivity contribution in [3.8, 4) is 12.3 Å². The summed E-state index contributed by atoms with van der Waals surface area (Å²) in [6.07, 6.45) is 8.98. The van der Waals surface area contributed by atoms with Crippen LogP contribution in [0.3, 0.4) is 0 Å². The van der Waals surface area contributed by atoms with Gasteiger partial charge >= 0.3 is 6.03 Å². The van der Waals surface area contributed by atoms with E-state index in [-0.39, 0.29) is 12.1 Å². The van der Waals surface area contributed by atoms with E-state index in [9.17, 15) is 4.79 Å². The fourth-order valence-electron chi connectivity index (χ4n) is 1.63. The average molecular weight is 194 g/mol. The third-order valence-electron chi connectivity index (χ3n) is 2.58. The molecule has 0 saturated carbocycles. The zero-order chi connectivity index (χ0) is 10.4. The molecule has 1 fully saturated rings. The van der Waals surface area contributed by atoms with Gasteiger partial charge in [-0.3, -0.25) is 0 Å². The maximum Gasteiger partial charge on any atom is 0.317 e. The molecule has 1 saturated heterocycles. The molecule has 0 spiro atoms. The highest BCUT2D eigenvalue weighted by atomic mass is 16.2. The lowest BCUT2D eigenvalue weighted by Gasteiger charge is -2.20. The lowest BCUT2D eigenvalue weighted by molar-refractivity contribution is 0.204. The van der Waals surface area contributed by atoms with Gasteiger partial charge in [0, 0.05) is 25.6 Å². The molecule has 1 N–H and O–H groups in total. The Morgan fingerprint density at radius 1 is 1.57 bits per heavy atom. The van der Waals surface area contributed by atoms with Crippen LogP contribution in [0.1, 0.15) is 32.6 Å². The summed E-state index contributed by atoms with van der Waals surface area (Å²) >= 11 is 0. The molecule has 0 aliphatic carbocycles. The van der Waals surface area contributed by atoms with Crippen molar-refractivity contribution in [3.05, 3.63) is 0 Å². The SMILES string of the molecule is C#CCC(CC)NC(=O)N1CCCC1. The predicted molar refractivity (Wildman–Crippen MR) is 56.9 cm³/mol. The van der Waals surface area contributed by atoms with Gasteiger partial charge in [-0.1, -0.05) is 6.92 Å². The van der Waals surface area contributed by atoms with Gasteiger partial charge in [0.15, 0.2) is 0 Å². The van der Waals surface area contributed by atoms with E-state index in [1.54, 1.807) is 0 Å². The third kappa shape index (κ3) is 2.95. The van der Waals surface area contributed by atoms with Crippen LogP contribution in [0.25, 0.3) is 0 Å². The molecule has 0 radical (unpaired) electrons. The largest absolute Gasteiger partial charge is 0.334 e. The molecule has 0 aromatic heterocycles. The van der Waals surface area contributed by atoms with E-state index in [2.05, 4.69) is 11.2 Å². The van der Waals surface area contributed by atoms with Crippen molar-refractivity contribution in [2.75, 3.05) is 13.1 Å². The van der Waals surface area contributed by atoms with Gasteiger partial charge in [-0.05, 0) is 19.3 Å². The van der Waals surface area contributed by atoms with Gasteiger partial charge < -0.3 is 10.2 Å². The van der Waals surface area contributed by atoms with E-state index in [1.807, 2.05) is 11.8 Å². The van der Waals surface area contributed by atoms with Crippen molar-refractivity contribution >= 4 is 6.03 Å². The Kier molecular flexibility index (Phi) is 4.31. The topological polar surface area (TPSA) is 32.3 Å². The van der Waals surface area contributed by atoms with Gasteiger partial charge in [0.05, 0.1) is 0 Å². The fraction of sp³-hybridized carbons (Fsp3) is 0.727. The predicted octanol–water partition coefficient (Wildman–Crippen LogP) is 1.59. The van der Waals surface area contributed by atoms with Crippen molar-refractivity contribution in [2.45, 2.75) is 38.6 Å². The van der Waals surface area contributed by atoms with Gasteiger partial charge in [-0.2, -0.15) is 0 Å². The van der Waals surface area contributed by atoms with Gasteiger partial charge in [0.2, 0.25) is 0 Å². The molecule has 78 valence electrons. The number of amides is 2. The Morgan fingerprint density at radius 3 is 2.71 bits per heavy atom. The Balaban J connectivity index is 2.34. The average Bonchev–Trinajstić information content (AvgIpc) is 2.69. The highest BCUT2D eigenvalue weighted by Crippen LogP contribution is 2.08. The lowest BCUT2D eigenvalue weighted by atomic mass is 10.1. The number of hydrogen-bond acceptors (Lipinski definition) is 1.